The predicted molar refractivity (Wildman–Crippen MR) is 61.7 cm³/mol. The molecule has 3 heteroatoms. The van der Waals surface area contributed by atoms with Crippen LogP contribution in [0.5, 0.6) is 0 Å². The molecule has 1 aromatic rings. The smallest absolute Gasteiger partial charge is 0.0168 e. The van der Waals surface area contributed by atoms with E-state index in [0.717, 1.165) is 6.54 Å². The van der Waals surface area contributed by atoms with Crippen LogP contribution in [0.2, 0.25) is 0 Å². The number of hydrogen-bond acceptors (Lipinski definition) is 3. The van der Waals surface area contributed by atoms with Gasteiger partial charge in [0.25, 0.3) is 0 Å². The lowest BCUT2D eigenvalue weighted by Gasteiger charge is -2.30. The molecule has 0 amide bonds. The van der Waals surface area contributed by atoms with E-state index in [-0.39, 0.29) is 0 Å². The normalized spacial score (nSPS) is 23.9. The molecule has 1 atom stereocenters. The first-order valence-corrected chi connectivity index (χ1v) is 6.23. The lowest BCUT2D eigenvalue weighted by molar-refractivity contribution is 0.212. The summed E-state index contributed by atoms with van der Waals surface area (Å²) in [5.74, 6) is 0. The number of nitrogens with two attached hydrogens (primary N) is 1. The van der Waals surface area contributed by atoms with Crippen LogP contribution in [-0.4, -0.2) is 30.6 Å². The van der Waals surface area contributed by atoms with Crippen LogP contribution >= 0.6 is 11.3 Å². The summed E-state index contributed by atoms with van der Waals surface area (Å²) in [6, 6.07) is 4.75. The van der Waals surface area contributed by atoms with Gasteiger partial charge in [0.2, 0.25) is 0 Å². The van der Waals surface area contributed by atoms with Gasteiger partial charge in [-0.3, -0.25) is 0 Å². The average Bonchev–Trinajstić information content (AvgIpc) is 2.67. The topological polar surface area (TPSA) is 29.3 Å². The third-order valence-corrected chi connectivity index (χ3v) is 3.73. The Labute approximate surface area is 89.7 Å². The molecule has 0 unspecified atom stereocenters. The highest BCUT2D eigenvalue weighted by Crippen LogP contribution is 2.12. The molecule has 78 valence electrons. The van der Waals surface area contributed by atoms with Crippen LogP contribution in [0.1, 0.15) is 17.7 Å². The zero-order valence-electron chi connectivity index (χ0n) is 8.48. The van der Waals surface area contributed by atoms with E-state index in [1.54, 1.807) is 0 Å². The Morgan fingerprint density at radius 2 is 2.50 bits per heavy atom. The van der Waals surface area contributed by atoms with Crippen LogP contribution in [0.15, 0.2) is 17.5 Å². The van der Waals surface area contributed by atoms with Gasteiger partial charge in [0, 0.05) is 24.0 Å². The van der Waals surface area contributed by atoms with Gasteiger partial charge in [-0.2, -0.15) is 0 Å². The van der Waals surface area contributed by atoms with E-state index in [9.17, 15) is 0 Å². The van der Waals surface area contributed by atoms with Crippen molar-refractivity contribution in [3.8, 4) is 0 Å². The fourth-order valence-corrected chi connectivity index (χ4v) is 2.72. The van der Waals surface area contributed by atoms with Gasteiger partial charge in [0.05, 0.1) is 0 Å². The minimum Gasteiger partial charge on any atom is -0.327 e. The first-order chi connectivity index (χ1) is 6.84. The minimum atomic E-state index is 0.409. The predicted octanol–water partition coefficient (Wildman–Crippen LogP) is 1.71. The van der Waals surface area contributed by atoms with E-state index in [2.05, 4.69) is 22.4 Å². The molecule has 0 aliphatic carbocycles. The number of piperidine rings is 1. The Hall–Kier alpha value is -0.380. The molecular weight excluding hydrogens is 192 g/mol. The summed E-state index contributed by atoms with van der Waals surface area (Å²) in [4.78, 5) is 3.98. The maximum Gasteiger partial charge on any atom is 0.0168 e. The van der Waals surface area contributed by atoms with Crippen molar-refractivity contribution < 1.29 is 0 Å². The van der Waals surface area contributed by atoms with Crippen LogP contribution in [0.4, 0.5) is 0 Å². The SMILES string of the molecule is N[C@@H]1CCCN(CCc2cccs2)C1. The van der Waals surface area contributed by atoms with Gasteiger partial charge < -0.3 is 10.6 Å². The third kappa shape index (κ3) is 2.80. The van der Waals surface area contributed by atoms with Crippen molar-refractivity contribution in [3.05, 3.63) is 22.4 Å². The van der Waals surface area contributed by atoms with Gasteiger partial charge in [-0.1, -0.05) is 6.07 Å². The van der Waals surface area contributed by atoms with Gasteiger partial charge >= 0.3 is 0 Å². The Balaban J connectivity index is 1.75. The lowest BCUT2D eigenvalue weighted by Crippen LogP contribution is -2.43. The highest BCUT2D eigenvalue weighted by atomic mass is 32.1. The van der Waals surface area contributed by atoms with Crippen LogP contribution < -0.4 is 5.73 Å². The second-order valence-corrected chi connectivity index (χ2v) is 5.06. The molecule has 14 heavy (non-hydrogen) atoms. The number of thiophene rings is 1. The van der Waals surface area contributed by atoms with Crippen LogP contribution in [-0.2, 0) is 6.42 Å². The fourth-order valence-electron chi connectivity index (χ4n) is 2.02. The van der Waals surface area contributed by atoms with Gasteiger partial charge in [-0.25, -0.2) is 0 Å². The van der Waals surface area contributed by atoms with E-state index in [1.807, 2.05) is 11.3 Å². The zero-order chi connectivity index (χ0) is 9.80. The number of nitrogens with zero attached hydrogens (tertiary/aromatic N) is 1. The van der Waals surface area contributed by atoms with Crippen molar-refractivity contribution in [2.24, 2.45) is 5.73 Å². The molecule has 1 aromatic heterocycles. The largest absolute Gasteiger partial charge is 0.327 e. The Morgan fingerprint density at radius 1 is 1.57 bits per heavy atom. The summed E-state index contributed by atoms with van der Waals surface area (Å²) in [6.45, 7) is 3.50. The molecule has 0 bridgehead atoms. The first-order valence-electron chi connectivity index (χ1n) is 5.35. The van der Waals surface area contributed by atoms with Crippen molar-refractivity contribution in [3.63, 3.8) is 0 Å². The van der Waals surface area contributed by atoms with Crippen LogP contribution in [0.25, 0.3) is 0 Å². The molecule has 0 spiro atoms. The zero-order valence-corrected chi connectivity index (χ0v) is 9.30. The monoisotopic (exact) mass is 210 g/mol. The van der Waals surface area contributed by atoms with Gasteiger partial charge in [0.1, 0.15) is 0 Å². The maximum absolute atomic E-state index is 5.94. The second-order valence-electron chi connectivity index (χ2n) is 4.03. The summed E-state index contributed by atoms with van der Waals surface area (Å²) in [5, 5.41) is 2.15. The summed E-state index contributed by atoms with van der Waals surface area (Å²) in [7, 11) is 0. The van der Waals surface area contributed by atoms with Gasteiger partial charge in [-0.05, 0) is 37.3 Å². The molecule has 0 saturated carbocycles. The summed E-state index contributed by atoms with van der Waals surface area (Å²) >= 11 is 1.85. The lowest BCUT2D eigenvalue weighted by atomic mass is 10.1. The molecule has 2 N–H and O–H groups in total. The highest BCUT2D eigenvalue weighted by Gasteiger charge is 2.15. The van der Waals surface area contributed by atoms with E-state index in [4.69, 9.17) is 5.73 Å². The summed E-state index contributed by atoms with van der Waals surface area (Å²) in [6.07, 6.45) is 3.66. The first kappa shape index (κ1) is 10.1. The second kappa shape index (κ2) is 4.91. The average molecular weight is 210 g/mol. The van der Waals surface area contributed by atoms with E-state index in [0.29, 0.717) is 6.04 Å². The molecule has 1 saturated heterocycles. The van der Waals surface area contributed by atoms with Crippen molar-refractivity contribution in [2.75, 3.05) is 19.6 Å². The molecule has 1 fully saturated rings. The number of rotatable bonds is 3. The van der Waals surface area contributed by atoms with Gasteiger partial charge in [-0.15, -0.1) is 11.3 Å². The Kier molecular flexibility index (Phi) is 3.56. The summed E-state index contributed by atoms with van der Waals surface area (Å²) < 4.78 is 0. The standard InChI is InChI=1S/C11H18N2S/c12-10-3-1-6-13(9-10)7-5-11-4-2-8-14-11/h2,4,8,10H,1,3,5-7,9,12H2/t10-/m1/s1. The van der Waals surface area contributed by atoms with Crippen LogP contribution in [0, 0.1) is 0 Å². The third-order valence-electron chi connectivity index (χ3n) is 2.80. The van der Waals surface area contributed by atoms with E-state index >= 15 is 0 Å². The van der Waals surface area contributed by atoms with E-state index < -0.39 is 0 Å². The highest BCUT2D eigenvalue weighted by molar-refractivity contribution is 7.09. The van der Waals surface area contributed by atoms with Crippen molar-refractivity contribution >= 4 is 11.3 Å². The molecule has 2 nitrogen and oxygen atoms in total. The fraction of sp³-hybridized carbons (Fsp3) is 0.636. The Morgan fingerprint density at radius 3 is 3.21 bits per heavy atom. The minimum absolute atomic E-state index is 0.409. The number of likely N-dealkylation sites (tertiary alicyclic amines) is 1. The molecule has 0 radical (unpaired) electrons. The van der Waals surface area contributed by atoms with Gasteiger partial charge in [0.15, 0.2) is 0 Å². The number of hydrogen-bond donors (Lipinski definition) is 1. The molecule has 1 aliphatic rings. The molecule has 2 heterocycles. The van der Waals surface area contributed by atoms with E-state index in [1.165, 1.54) is 37.2 Å². The molecule has 0 aromatic carbocycles. The molecule has 1 aliphatic heterocycles. The molecule has 2 rings (SSSR count). The summed E-state index contributed by atoms with van der Waals surface area (Å²) in [5.41, 5.74) is 5.94. The molecular formula is C11H18N2S. The maximum atomic E-state index is 5.94. The van der Waals surface area contributed by atoms with Crippen LogP contribution in [0.3, 0.4) is 0 Å². The van der Waals surface area contributed by atoms with Crippen molar-refractivity contribution in [2.45, 2.75) is 25.3 Å². The van der Waals surface area contributed by atoms with Crippen molar-refractivity contribution in [1.29, 1.82) is 0 Å². The quantitative estimate of drug-likeness (QED) is 0.823. The Bertz CT molecular complexity index is 258. The van der Waals surface area contributed by atoms with Crippen molar-refractivity contribution in [1.82, 2.24) is 4.90 Å².